The van der Waals surface area contributed by atoms with Crippen LogP contribution in [-0.4, -0.2) is 18.7 Å². The molecule has 0 saturated carbocycles. The monoisotopic (exact) mass is 446 g/mol. The number of benzene rings is 1. The topological polar surface area (TPSA) is 87.1 Å². The molecule has 0 radical (unpaired) electrons. The van der Waals surface area contributed by atoms with Crippen molar-refractivity contribution in [2.75, 3.05) is 11.5 Å². The lowest BCUT2D eigenvalue weighted by atomic mass is 9.99. The second-order valence-corrected chi connectivity index (χ2v) is 9.18. The molecular formula is C25H38N2O3S. The molecule has 0 atom stereocenters. The molecule has 31 heavy (non-hydrogen) atoms. The first kappa shape index (κ1) is 26.9. The molecule has 0 aliphatic carbocycles. The normalized spacial score (nSPS) is 11.4. The zero-order valence-electron chi connectivity index (χ0n) is 19.2. The largest absolute Gasteiger partial charge is 0.748 e. The predicted octanol–water partition coefficient (Wildman–Crippen LogP) is 5.20. The lowest BCUT2D eigenvalue weighted by Crippen LogP contribution is -2.32. The smallest absolute Gasteiger partial charge is 0.280 e. The van der Waals surface area contributed by atoms with Crippen LogP contribution < -0.4 is 10.3 Å². The van der Waals surface area contributed by atoms with E-state index >= 15 is 0 Å². The Morgan fingerprint density at radius 3 is 2.10 bits per heavy atom. The molecule has 6 heteroatoms. The molecular weight excluding hydrogens is 408 g/mol. The minimum Gasteiger partial charge on any atom is -0.748 e. The van der Waals surface area contributed by atoms with Gasteiger partial charge < -0.3 is 4.55 Å². The second kappa shape index (κ2) is 14.8. The van der Waals surface area contributed by atoms with E-state index in [2.05, 4.69) is 50.5 Å². The van der Waals surface area contributed by atoms with Crippen LogP contribution in [0.1, 0.15) is 76.0 Å². The van der Waals surface area contributed by atoms with Crippen LogP contribution in [0, 0.1) is 0 Å². The number of anilines is 1. The first-order valence-electron chi connectivity index (χ1n) is 11.3. The lowest BCUT2D eigenvalue weighted by molar-refractivity contribution is -0.551. The highest BCUT2D eigenvalue weighted by molar-refractivity contribution is 7.85. The van der Waals surface area contributed by atoms with Crippen molar-refractivity contribution in [3.8, 4) is 0 Å². The van der Waals surface area contributed by atoms with Gasteiger partial charge in [-0.15, -0.1) is 0 Å². The molecule has 172 valence electrons. The highest BCUT2D eigenvalue weighted by Crippen LogP contribution is 2.19. The van der Waals surface area contributed by atoms with Crippen LogP contribution in [0.5, 0.6) is 0 Å². The van der Waals surface area contributed by atoms with Crippen molar-refractivity contribution in [1.82, 2.24) is 0 Å². The number of unbranched alkanes of at least 4 members (excludes halogenated alkanes) is 3. The van der Waals surface area contributed by atoms with Gasteiger partial charge in [0.2, 0.25) is 0 Å². The minimum atomic E-state index is -3.94. The molecule has 2 N–H and O–H groups in total. The molecule has 0 spiro atoms. The third kappa shape index (κ3) is 11.1. The quantitative estimate of drug-likeness (QED) is 0.379. The summed E-state index contributed by atoms with van der Waals surface area (Å²) >= 11 is 0. The van der Waals surface area contributed by atoms with Gasteiger partial charge in [-0.25, -0.2) is 13.0 Å². The predicted molar refractivity (Wildman–Crippen MR) is 129 cm³/mol. The number of rotatable bonds is 11. The van der Waals surface area contributed by atoms with E-state index in [4.69, 9.17) is 5.73 Å². The molecule has 1 heterocycles. The summed E-state index contributed by atoms with van der Waals surface area (Å²) in [6.07, 6.45) is 14.5. The number of aryl methyl sites for hydroxylation is 1. The van der Waals surface area contributed by atoms with E-state index in [1.165, 1.54) is 42.4 Å². The van der Waals surface area contributed by atoms with E-state index in [0.29, 0.717) is 6.42 Å². The van der Waals surface area contributed by atoms with Gasteiger partial charge >= 0.3 is 0 Å². The third-order valence-electron chi connectivity index (χ3n) is 4.97. The average molecular weight is 447 g/mol. The molecule has 0 saturated heterocycles. The molecule has 0 unspecified atom stereocenters. The van der Waals surface area contributed by atoms with Crippen LogP contribution in [0.2, 0.25) is 0 Å². The van der Waals surface area contributed by atoms with Crippen LogP contribution in [0.25, 0.3) is 12.3 Å². The molecule has 1 aromatic carbocycles. The van der Waals surface area contributed by atoms with E-state index in [1.807, 2.05) is 29.7 Å². The summed E-state index contributed by atoms with van der Waals surface area (Å²) in [7, 11) is -3.94. The fraction of sp³-hybridized carbons (Fsp3) is 0.480. The number of pyridine rings is 1. The van der Waals surface area contributed by atoms with E-state index in [1.54, 1.807) is 0 Å². The maximum atomic E-state index is 9.83. The van der Waals surface area contributed by atoms with E-state index in [-0.39, 0.29) is 5.75 Å². The van der Waals surface area contributed by atoms with Crippen molar-refractivity contribution in [2.45, 2.75) is 72.1 Å². The molecule has 1 aromatic heterocycles. The van der Waals surface area contributed by atoms with E-state index in [0.717, 1.165) is 25.1 Å². The minimum absolute atomic E-state index is 0.219. The van der Waals surface area contributed by atoms with E-state index < -0.39 is 10.1 Å². The Bertz CT molecular complexity index is 894. The zero-order valence-corrected chi connectivity index (χ0v) is 20.0. The van der Waals surface area contributed by atoms with Crippen molar-refractivity contribution in [3.05, 3.63) is 59.3 Å². The number of hydrogen-bond donors (Lipinski definition) is 1. The summed E-state index contributed by atoms with van der Waals surface area (Å²) in [4.78, 5) is 0. The Kier molecular flexibility index (Phi) is 12.8. The van der Waals surface area contributed by atoms with Crippen LogP contribution in [0.4, 0.5) is 5.82 Å². The molecule has 0 bridgehead atoms. The van der Waals surface area contributed by atoms with Crippen molar-refractivity contribution in [2.24, 2.45) is 0 Å². The summed E-state index contributed by atoms with van der Waals surface area (Å²) in [6, 6.07) is 12.6. The Morgan fingerprint density at radius 1 is 0.935 bits per heavy atom. The summed E-state index contributed by atoms with van der Waals surface area (Å²) in [5.74, 6) is 0.669. The van der Waals surface area contributed by atoms with Gasteiger partial charge in [0.05, 0.1) is 22.5 Å². The molecule has 2 rings (SSSR count). The maximum absolute atomic E-state index is 9.83. The lowest BCUT2D eigenvalue weighted by Gasteiger charge is -2.10. The van der Waals surface area contributed by atoms with Crippen molar-refractivity contribution in [3.63, 3.8) is 0 Å². The summed E-state index contributed by atoms with van der Waals surface area (Å²) in [6.45, 7) is 6.31. The highest BCUT2D eigenvalue weighted by Gasteiger charge is 2.14. The first-order valence-corrected chi connectivity index (χ1v) is 12.9. The SMILES string of the molecule is CCCCS(=O)(=O)[O-].CCCCc1cc[n+](C=Cc2ccccc2)c(N)c1CCCC. The van der Waals surface area contributed by atoms with Crippen LogP contribution in [0.3, 0.4) is 0 Å². The summed E-state index contributed by atoms with van der Waals surface area (Å²) in [5, 5.41) is 0. The molecule has 5 nitrogen and oxygen atoms in total. The van der Waals surface area contributed by atoms with Gasteiger partial charge in [-0.2, -0.15) is 0 Å². The van der Waals surface area contributed by atoms with Crippen molar-refractivity contribution in [1.29, 1.82) is 0 Å². The second-order valence-electron chi connectivity index (χ2n) is 7.66. The van der Waals surface area contributed by atoms with Gasteiger partial charge in [0, 0.05) is 11.3 Å². The zero-order chi connectivity index (χ0) is 23.1. The van der Waals surface area contributed by atoms with Crippen LogP contribution >= 0.6 is 0 Å². The number of nitrogens with zero attached hydrogens (tertiary/aromatic N) is 1. The van der Waals surface area contributed by atoms with Gasteiger partial charge in [0.15, 0.2) is 0 Å². The highest BCUT2D eigenvalue weighted by atomic mass is 32.2. The first-order chi connectivity index (χ1) is 14.8. The van der Waals surface area contributed by atoms with Crippen molar-refractivity contribution >= 4 is 28.2 Å². The molecule has 0 aliphatic rings. The van der Waals surface area contributed by atoms with Gasteiger partial charge in [-0.3, -0.25) is 5.73 Å². The Hall–Kier alpha value is -2.18. The molecule has 0 fully saturated rings. The van der Waals surface area contributed by atoms with Gasteiger partial charge in [-0.05, 0) is 55.4 Å². The van der Waals surface area contributed by atoms with Gasteiger partial charge in [-0.1, -0.05) is 70.4 Å². The third-order valence-corrected chi connectivity index (χ3v) is 5.76. The fourth-order valence-corrected chi connectivity index (χ4v) is 3.74. The van der Waals surface area contributed by atoms with Gasteiger partial charge in [0.1, 0.15) is 0 Å². The molecule has 2 aromatic rings. The van der Waals surface area contributed by atoms with Crippen molar-refractivity contribution < 1.29 is 17.5 Å². The van der Waals surface area contributed by atoms with Gasteiger partial charge in [0.25, 0.3) is 5.82 Å². The summed E-state index contributed by atoms with van der Waals surface area (Å²) in [5.41, 5.74) is 10.4. The molecule has 0 aliphatic heterocycles. The standard InChI is InChI=1S/C21H28N2.C4H10O3S/c1-3-5-12-19-15-17-23(21(22)20(19)13-6-4-2)16-14-18-10-8-7-9-11-18;1-2-3-4-8(5,6)7/h7-11,14-17,22H,3-6,12-13H2,1-2H3;2-4H2,1H3,(H,5,6,7). The van der Waals surface area contributed by atoms with Crippen LogP contribution in [-0.2, 0) is 23.0 Å². The molecule has 0 amide bonds. The Balaban J connectivity index is 0.000000512. The maximum Gasteiger partial charge on any atom is 0.280 e. The fourth-order valence-electron chi connectivity index (χ4n) is 3.10. The average Bonchev–Trinajstić information content (AvgIpc) is 2.75. The number of hydrogen-bond acceptors (Lipinski definition) is 4. The number of nitrogens with two attached hydrogens (primary N) is 1. The van der Waals surface area contributed by atoms with Crippen LogP contribution in [0.15, 0.2) is 42.6 Å². The number of aromatic nitrogens is 1. The van der Waals surface area contributed by atoms with E-state index in [9.17, 15) is 13.0 Å². The Labute approximate surface area is 188 Å². The summed E-state index contributed by atoms with van der Waals surface area (Å²) < 4.78 is 31.6. The Morgan fingerprint density at radius 2 is 1.55 bits per heavy atom. The number of nitrogen functional groups attached to an aromatic ring is 1.